The third-order valence-electron chi connectivity index (χ3n) is 3.36. The quantitative estimate of drug-likeness (QED) is 0.784. The summed E-state index contributed by atoms with van der Waals surface area (Å²) in [5.74, 6) is 0.115. The lowest BCUT2D eigenvalue weighted by Gasteiger charge is -2.14. The summed E-state index contributed by atoms with van der Waals surface area (Å²) in [5.41, 5.74) is 6.89. The van der Waals surface area contributed by atoms with Crippen LogP contribution in [0.2, 0.25) is 0 Å². The summed E-state index contributed by atoms with van der Waals surface area (Å²) in [6.07, 6.45) is 5.65. The van der Waals surface area contributed by atoms with Crippen LogP contribution in [-0.2, 0) is 18.3 Å². The Morgan fingerprint density at radius 1 is 1.65 bits per heavy atom. The molecule has 0 spiro atoms. The Morgan fingerprint density at radius 3 is 3.06 bits per heavy atom. The van der Waals surface area contributed by atoms with Gasteiger partial charge >= 0.3 is 0 Å². The molecule has 1 aromatic rings. The summed E-state index contributed by atoms with van der Waals surface area (Å²) >= 11 is 0. The molecule has 2 unspecified atom stereocenters. The Balaban J connectivity index is 1.73. The summed E-state index contributed by atoms with van der Waals surface area (Å²) in [4.78, 5) is 11.8. The van der Waals surface area contributed by atoms with E-state index in [1.165, 1.54) is 0 Å². The molecule has 1 fully saturated rings. The van der Waals surface area contributed by atoms with Crippen molar-refractivity contribution in [3.8, 4) is 0 Å². The second kappa shape index (κ2) is 5.31. The summed E-state index contributed by atoms with van der Waals surface area (Å²) in [7, 11) is 1.89. The molecular weight excluding hydrogens is 216 g/mol. The molecule has 5 nitrogen and oxygen atoms in total. The van der Waals surface area contributed by atoms with Gasteiger partial charge in [-0.1, -0.05) is 6.42 Å². The van der Waals surface area contributed by atoms with Crippen LogP contribution in [0.3, 0.4) is 0 Å². The van der Waals surface area contributed by atoms with E-state index >= 15 is 0 Å². The molecule has 2 atom stereocenters. The van der Waals surface area contributed by atoms with Crippen LogP contribution in [-0.4, -0.2) is 28.3 Å². The maximum atomic E-state index is 11.8. The SMILES string of the molecule is Cn1ccc(CCNC(=O)C2CCCC2N)n1. The van der Waals surface area contributed by atoms with Crippen molar-refractivity contribution < 1.29 is 4.79 Å². The van der Waals surface area contributed by atoms with Gasteiger partial charge in [0.15, 0.2) is 0 Å². The third kappa shape index (κ3) is 3.06. The maximum absolute atomic E-state index is 11.8. The van der Waals surface area contributed by atoms with Gasteiger partial charge < -0.3 is 11.1 Å². The molecule has 1 heterocycles. The van der Waals surface area contributed by atoms with Crippen molar-refractivity contribution >= 4 is 5.91 Å². The minimum Gasteiger partial charge on any atom is -0.355 e. The molecule has 1 aliphatic rings. The van der Waals surface area contributed by atoms with E-state index in [2.05, 4.69) is 10.4 Å². The maximum Gasteiger partial charge on any atom is 0.224 e. The average molecular weight is 236 g/mol. The van der Waals surface area contributed by atoms with E-state index in [0.717, 1.165) is 31.4 Å². The lowest BCUT2D eigenvalue weighted by atomic mass is 10.0. The van der Waals surface area contributed by atoms with Crippen LogP contribution in [0.1, 0.15) is 25.0 Å². The molecule has 0 radical (unpaired) electrons. The summed E-state index contributed by atoms with van der Waals surface area (Å²) in [6, 6.07) is 2.01. The zero-order chi connectivity index (χ0) is 12.3. The van der Waals surface area contributed by atoms with Gasteiger partial charge in [0.2, 0.25) is 5.91 Å². The normalized spacial score (nSPS) is 23.9. The Kier molecular flexibility index (Phi) is 3.78. The number of carbonyl (C=O) groups excluding carboxylic acids is 1. The lowest BCUT2D eigenvalue weighted by molar-refractivity contribution is -0.125. The number of aryl methyl sites for hydroxylation is 1. The van der Waals surface area contributed by atoms with Gasteiger partial charge in [-0.05, 0) is 18.9 Å². The third-order valence-corrected chi connectivity index (χ3v) is 3.36. The van der Waals surface area contributed by atoms with Crippen molar-refractivity contribution in [1.29, 1.82) is 0 Å². The molecule has 0 aromatic carbocycles. The molecule has 1 aliphatic carbocycles. The predicted molar refractivity (Wildman–Crippen MR) is 65.2 cm³/mol. The summed E-state index contributed by atoms with van der Waals surface area (Å²) in [5, 5.41) is 7.21. The molecule has 0 aliphatic heterocycles. The van der Waals surface area contributed by atoms with Crippen molar-refractivity contribution in [3.63, 3.8) is 0 Å². The van der Waals surface area contributed by atoms with Gasteiger partial charge in [-0.2, -0.15) is 5.10 Å². The molecule has 1 aromatic heterocycles. The Hall–Kier alpha value is -1.36. The van der Waals surface area contributed by atoms with Crippen molar-refractivity contribution in [3.05, 3.63) is 18.0 Å². The van der Waals surface area contributed by atoms with E-state index in [-0.39, 0.29) is 17.9 Å². The van der Waals surface area contributed by atoms with Crippen LogP contribution < -0.4 is 11.1 Å². The van der Waals surface area contributed by atoms with Crippen LogP contribution in [0.5, 0.6) is 0 Å². The smallest absolute Gasteiger partial charge is 0.224 e. The number of aromatic nitrogens is 2. The van der Waals surface area contributed by atoms with E-state index < -0.39 is 0 Å². The van der Waals surface area contributed by atoms with E-state index in [0.29, 0.717) is 6.54 Å². The van der Waals surface area contributed by atoms with Gasteiger partial charge in [-0.15, -0.1) is 0 Å². The van der Waals surface area contributed by atoms with E-state index in [1.54, 1.807) is 4.68 Å². The van der Waals surface area contributed by atoms with Crippen LogP contribution >= 0.6 is 0 Å². The first-order valence-corrected chi connectivity index (χ1v) is 6.18. The van der Waals surface area contributed by atoms with Crippen molar-refractivity contribution in [2.45, 2.75) is 31.7 Å². The zero-order valence-electron chi connectivity index (χ0n) is 10.2. The highest BCUT2D eigenvalue weighted by Crippen LogP contribution is 2.23. The fourth-order valence-electron chi connectivity index (χ4n) is 2.36. The molecule has 0 saturated heterocycles. The lowest BCUT2D eigenvalue weighted by Crippen LogP contribution is -2.39. The van der Waals surface area contributed by atoms with Gasteiger partial charge in [0.1, 0.15) is 0 Å². The molecule has 1 amide bonds. The van der Waals surface area contributed by atoms with Crippen LogP contribution in [0.25, 0.3) is 0 Å². The second-order valence-corrected chi connectivity index (χ2v) is 4.72. The van der Waals surface area contributed by atoms with E-state index in [4.69, 9.17) is 5.73 Å². The number of carbonyl (C=O) groups is 1. The summed E-state index contributed by atoms with van der Waals surface area (Å²) < 4.78 is 1.77. The largest absolute Gasteiger partial charge is 0.355 e. The number of amides is 1. The Bertz CT molecular complexity index is 388. The Morgan fingerprint density at radius 2 is 2.47 bits per heavy atom. The van der Waals surface area contributed by atoms with Gasteiger partial charge in [0.25, 0.3) is 0 Å². The van der Waals surface area contributed by atoms with Crippen LogP contribution in [0.4, 0.5) is 0 Å². The molecule has 0 bridgehead atoms. The van der Waals surface area contributed by atoms with Crippen LogP contribution in [0, 0.1) is 5.92 Å². The van der Waals surface area contributed by atoms with Gasteiger partial charge in [-0.3, -0.25) is 9.48 Å². The molecule has 94 valence electrons. The minimum absolute atomic E-state index is 0.0127. The predicted octanol–water partition coefficient (Wildman–Crippen LogP) is 0.206. The molecular formula is C12H20N4O. The van der Waals surface area contributed by atoms with Gasteiger partial charge in [0, 0.05) is 32.3 Å². The van der Waals surface area contributed by atoms with Crippen molar-refractivity contribution in [2.24, 2.45) is 18.7 Å². The fourth-order valence-corrected chi connectivity index (χ4v) is 2.36. The van der Waals surface area contributed by atoms with Crippen molar-refractivity contribution in [2.75, 3.05) is 6.54 Å². The standard InChI is InChI=1S/C12H20N4O/c1-16-8-6-9(15-16)5-7-14-12(17)10-3-2-4-11(10)13/h6,8,10-11H,2-5,7,13H2,1H3,(H,14,17). The fraction of sp³-hybridized carbons (Fsp3) is 0.667. The molecule has 5 heteroatoms. The van der Waals surface area contributed by atoms with E-state index in [1.807, 2.05) is 19.3 Å². The summed E-state index contributed by atoms with van der Waals surface area (Å²) in [6.45, 7) is 0.638. The first-order chi connectivity index (χ1) is 8.16. The monoisotopic (exact) mass is 236 g/mol. The van der Waals surface area contributed by atoms with Gasteiger partial charge in [0.05, 0.1) is 11.6 Å². The number of nitrogens with zero attached hydrogens (tertiary/aromatic N) is 2. The number of nitrogens with two attached hydrogens (primary N) is 1. The highest BCUT2D eigenvalue weighted by atomic mass is 16.1. The first-order valence-electron chi connectivity index (χ1n) is 6.18. The van der Waals surface area contributed by atoms with E-state index in [9.17, 15) is 4.79 Å². The number of hydrogen-bond acceptors (Lipinski definition) is 3. The topological polar surface area (TPSA) is 72.9 Å². The average Bonchev–Trinajstić information content (AvgIpc) is 2.87. The minimum atomic E-state index is 0.0127. The molecule has 1 saturated carbocycles. The first kappa shape index (κ1) is 12.1. The van der Waals surface area contributed by atoms with Crippen LogP contribution in [0.15, 0.2) is 12.3 Å². The number of hydrogen-bond donors (Lipinski definition) is 2. The Labute approximate surface area is 101 Å². The highest BCUT2D eigenvalue weighted by molar-refractivity contribution is 5.79. The molecule has 2 rings (SSSR count). The molecule has 3 N–H and O–H groups in total. The number of rotatable bonds is 4. The molecule has 17 heavy (non-hydrogen) atoms. The second-order valence-electron chi connectivity index (χ2n) is 4.72. The van der Waals surface area contributed by atoms with Crippen molar-refractivity contribution in [1.82, 2.24) is 15.1 Å². The zero-order valence-corrected chi connectivity index (χ0v) is 10.2. The highest BCUT2D eigenvalue weighted by Gasteiger charge is 2.29. The van der Waals surface area contributed by atoms with Gasteiger partial charge in [-0.25, -0.2) is 0 Å². The number of nitrogens with one attached hydrogen (secondary N) is 1.